The number of aldehydes is 1. The van der Waals surface area contributed by atoms with E-state index in [0.29, 0.717) is 12.0 Å². The van der Waals surface area contributed by atoms with E-state index in [-0.39, 0.29) is 5.69 Å². The van der Waals surface area contributed by atoms with Crippen LogP contribution < -0.4 is 5.14 Å². The van der Waals surface area contributed by atoms with Crippen LogP contribution in [-0.4, -0.2) is 24.3 Å². The molecule has 2 N–H and O–H groups in total. The number of primary sulfonamides is 1. The van der Waals surface area contributed by atoms with E-state index < -0.39 is 15.0 Å². The van der Waals surface area contributed by atoms with Gasteiger partial charge in [-0.3, -0.25) is 9.36 Å². The van der Waals surface area contributed by atoms with Gasteiger partial charge in [0.1, 0.15) is 12.0 Å². The van der Waals surface area contributed by atoms with Crippen molar-refractivity contribution in [2.45, 2.75) is 11.9 Å². The van der Waals surface area contributed by atoms with Gasteiger partial charge in [0.25, 0.3) is 10.0 Å². The number of sulfonamides is 1. The van der Waals surface area contributed by atoms with Crippen LogP contribution in [0.25, 0.3) is 5.69 Å². The van der Waals surface area contributed by atoms with Crippen molar-refractivity contribution in [2.24, 2.45) is 5.14 Å². The van der Waals surface area contributed by atoms with E-state index in [0.717, 1.165) is 5.56 Å². The fourth-order valence-corrected chi connectivity index (χ4v) is 2.21. The third-order valence-corrected chi connectivity index (χ3v) is 3.32. The Kier molecular flexibility index (Phi) is 3.02. The van der Waals surface area contributed by atoms with Gasteiger partial charge in [-0.2, -0.15) is 0 Å². The molecule has 0 amide bonds. The SMILES string of the molecule is Cc1ccc(-n2cnc(S(N)(=O)=O)c2C=O)cc1. The Hall–Kier alpha value is -1.99. The highest BCUT2D eigenvalue weighted by Gasteiger charge is 2.20. The molecule has 0 fully saturated rings. The smallest absolute Gasteiger partial charge is 0.257 e. The predicted molar refractivity (Wildman–Crippen MR) is 65.1 cm³/mol. The van der Waals surface area contributed by atoms with E-state index in [4.69, 9.17) is 5.14 Å². The number of carbonyl (C=O) groups excluding carboxylic acids is 1. The van der Waals surface area contributed by atoms with E-state index in [1.165, 1.54) is 10.9 Å². The second-order valence-corrected chi connectivity index (χ2v) is 5.28. The van der Waals surface area contributed by atoms with Crippen molar-refractivity contribution < 1.29 is 13.2 Å². The van der Waals surface area contributed by atoms with Crippen LogP contribution in [0.2, 0.25) is 0 Å². The van der Waals surface area contributed by atoms with Crippen molar-refractivity contribution in [2.75, 3.05) is 0 Å². The molecule has 0 atom stereocenters. The molecule has 0 spiro atoms. The van der Waals surface area contributed by atoms with Gasteiger partial charge in [0.15, 0.2) is 11.3 Å². The highest BCUT2D eigenvalue weighted by atomic mass is 32.2. The maximum Gasteiger partial charge on any atom is 0.257 e. The molecule has 2 rings (SSSR count). The summed E-state index contributed by atoms with van der Waals surface area (Å²) in [4.78, 5) is 14.7. The molecule has 2 aromatic rings. The average molecular weight is 265 g/mol. The fraction of sp³-hybridized carbons (Fsp3) is 0.0909. The topological polar surface area (TPSA) is 95.1 Å². The maximum absolute atomic E-state index is 11.3. The van der Waals surface area contributed by atoms with E-state index >= 15 is 0 Å². The van der Waals surface area contributed by atoms with E-state index in [1.54, 1.807) is 12.1 Å². The summed E-state index contributed by atoms with van der Waals surface area (Å²) in [6.45, 7) is 1.92. The molecule has 0 aliphatic rings. The number of aromatic nitrogens is 2. The van der Waals surface area contributed by atoms with Crippen LogP contribution >= 0.6 is 0 Å². The van der Waals surface area contributed by atoms with Crippen molar-refractivity contribution >= 4 is 16.3 Å². The van der Waals surface area contributed by atoms with Crippen LogP contribution in [-0.2, 0) is 10.0 Å². The number of hydrogen-bond donors (Lipinski definition) is 1. The van der Waals surface area contributed by atoms with Crippen LogP contribution in [0.1, 0.15) is 16.1 Å². The molecule has 6 nitrogen and oxygen atoms in total. The first kappa shape index (κ1) is 12.5. The zero-order chi connectivity index (χ0) is 13.3. The number of carbonyl (C=O) groups is 1. The highest BCUT2D eigenvalue weighted by molar-refractivity contribution is 7.89. The zero-order valence-electron chi connectivity index (χ0n) is 9.57. The third kappa shape index (κ3) is 2.18. The minimum atomic E-state index is -4.00. The van der Waals surface area contributed by atoms with E-state index in [1.807, 2.05) is 19.1 Å². The summed E-state index contributed by atoms with van der Waals surface area (Å²) in [5, 5.41) is 4.57. The maximum atomic E-state index is 11.3. The molecule has 94 valence electrons. The first-order valence-corrected chi connectivity index (χ1v) is 6.60. The van der Waals surface area contributed by atoms with E-state index in [9.17, 15) is 13.2 Å². The molecule has 1 heterocycles. The lowest BCUT2D eigenvalue weighted by Gasteiger charge is -2.04. The minimum Gasteiger partial charge on any atom is -0.296 e. The van der Waals surface area contributed by atoms with Crippen molar-refractivity contribution in [1.29, 1.82) is 0 Å². The molecule has 0 saturated carbocycles. The first-order chi connectivity index (χ1) is 8.43. The summed E-state index contributed by atoms with van der Waals surface area (Å²) in [6, 6.07) is 7.22. The fourth-order valence-electron chi connectivity index (χ4n) is 1.58. The lowest BCUT2D eigenvalue weighted by atomic mass is 10.2. The molecule has 0 bridgehead atoms. The van der Waals surface area contributed by atoms with Crippen molar-refractivity contribution in [1.82, 2.24) is 9.55 Å². The Labute approximate surface area is 104 Å². The van der Waals surface area contributed by atoms with Gasteiger partial charge in [-0.05, 0) is 19.1 Å². The summed E-state index contributed by atoms with van der Waals surface area (Å²) >= 11 is 0. The van der Waals surface area contributed by atoms with Crippen LogP contribution in [0.5, 0.6) is 0 Å². The Bertz CT molecular complexity index is 687. The standard InChI is InChI=1S/C11H11N3O3S/c1-8-2-4-9(5-3-8)14-7-13-11(10(14)6-15)18(12,16)17/h2-7H,1H3,(H2,12,16,17). The van der Waals surface area contributed by atoms with Gasteiger partial charge in [0.2, 0.25) is 0 Å². The highest BCUT2D eigenvalue weighted by Crippen LogP contribution is 2.16. The molecule has 1 aromatic heterocycles. The lowest BCUT2D eigenvalue weighted by molar-refractivity contribution is 0.111. The van der Waals surface area contributed by atoms with Crippen molar-refractivity contribution in [3.8, 4) is 5.69 Å². The molecule has 0 unspecified atom stereocenters. The average Bonchev–Trinajstić information content (AvgIpc) is 2.73. The normalized spacial score (nSPS) is 11.4. The number of benzene rings is 1. The number of aryl methyl sites for hydroxylation is 1. The predicted octanol–water partition coefficient (Wildman–Crippen LogP) is 0.641. The van der Waals surface area contributed by atoms with Gasteiger partial charge in [-0.25, -0.2) is 18.5 Å². The number of nitrogens with zero attached hydrogens (tertiary/aromatic N) is 2. The van der Waals surface area contributed by atoms with Crippen LogP contribution in [0, 0.1) is 6.92 Å². The van der Waals surface area contributed by atoms with Crippen LogP contribution in [0.4, 0.5) is 0 Å². The molecule has 0 saturated heterocycles. The van der Waals surface area contributed by atoms with Gasteiger partial charge < -0.3 is 0 Å². The molecular weight excluding hydrogens is 254 g/mol. The van der Waals surface area contributed by atoms with E-state index in [2.05, 4.69) is 4.98 Å². The molecule has 1 aromatic carbocycles. The monoisotopic (exact) mass is 265 g/mol. The van der Waals surface area contributed by atoms with Crippen molar-refractivity contribution in [3.63, 3.8) is 0 Å². The van der Waals surface area contributed by atoms with Gasteiger partial charge in [0.05, 0.1) is 0 Å². The number of imidazole rings is 1. The molecular formula is C11H11N3O3S. The molecule has 0 radical (unpaired) electrons. The molecule has 18 heavy (non-hydrogen) atoms. The Balaban J connectivity index is 2.63. The number of nitrogens with two attached hydrogens (primary N) is 1. The quantitative estimate of drug-likeness (QED) is 0.824. The zero-order valence-corrected chi connectivity index (χ0v) is 10.4. The number of hydrogen-bond acceptors (Lipinski definition) is 4. The second-order valence-electron chi connectivity index (χ2n) is 3.80. The van der Waals surface area contributed by atoms with Gasteiger partial charge >= 0.3 is 0 Å². The molecule has 0 aliphatic heterocycles. The van der Waals surface area contributed by atoms with Crippen LogP contribution in [0.3, 0.4) is 0 Å². The van der Waals surface area contributed by atoms with Crippen molar-refractivity contribution in [3.05, 3.63) is 41.9 Å². The summed E-state index contributed by atoms with van der Waals surface area (Å²) in [5.74, 6) is 0. The lowest BCUT2D eigenvalue weighted by Crippen LogP contribution is -2.15. The minimum absolute atomic E-state index is 0.0821. The van der Waals surface area contributed by atoms with Gasteiger partial charge in [-0.15, -0.1) is 0 Å². The van der Waals surface area contributed by atoms with Gasteiger partial charge in [0, 0.05) is 5.69 Å². The Morgan fingerprint density at radius 2 is 1.89 bits per heavy atom. The summed E-state index contributed by atoms with van der Waals surface area (Å²) in [7, 11) is -4.00. The second kappa shape index (κ2) is 4.35. The van der Waals surface area contributed by atoms with Crippen LogP contribution in [0.15, 0.2) is 35.6 Å². The molecule has 7 heteroatoms. The third-order valence-electron chi connectivity index (χ3n) is 2.46. The summed E-state index contributed by atoms with van der Waals surface area (Å²) in [5.41, 5.74) is 1.62. The summed E-state index contributed by atoms with van der Waals surface area (Å²) in [6.07, 6.45) is 1.68. The summed E-state index contributed by atoms with van der Waals surface area (Å²) < 4.78 is 23.9. The molecule has 0 aliphatic carbocycles. The first-order valence-electron chi connectivity index (χ1n) is 5.06. The Morgan fingerprint density at radius 1 is 1.28 bits per heavy atom. The Morgan fingerprint density at radius 3 is 2.39 bits per heavy atom. The number of rotatable bonds is 3. The van der Waals surface area contributed by atoms with Gasteiger partial charge in [-0.1, -0.05) is 17.7 Å². The largest absolute Gasteiger partial charge is 0.296 e.